The Hall–Kier alpha value is -3.32. The van der Waals surface area contributed by atoms with E-state index in [9.17, 15) is 14.4 Å². The number of rotatable bonds is 5. The number of alkyl carbamates (subject to hydrolysis) is 1. The minimum Gasteiger partial charge on any atom is -0.444 e. The number of amides is 1. The van der Waals surface area contributed by atoms with E-state index in [-0.39, 0.29) is 16.4 Å². The third-order valence-electron chi connectivity index (χ3n) is 4.50. The van der Waals surface area contributed by atoms with E-state index in [1.807, 2.05) is 6.92 Å². The third kappa shape index (κ3) is 5.68. The molecular formula is C24H24ClNO6. The topological polar surface area (TPSA) is 94.8 Å². The van der Waals surface area contributed by atoms with Crippen molar-refractivity contribution in [1.82, 2.24) is 5.32 Å². The Bertz CT molecular complexity index is 1200. The molecule has 3 rings (SSSR count). The molecule has 1 atom stereocenters. The van der Waals surface area contributed by atoms with Gasteiger partial charge in [-0.15, -0.1) is 0 Å². The molecule has 8 heteroatoms. The lowest BCUT2D eigenvalue weighted by atomic mass is 10.1. The van der Waals surface area contributed by atoms with Crippen molar-refractivity contribution in [2.45, 2.75) is 45.8 Å². The van der Waals surface area contributed by atoms with Crippen LogP contribution in [-0.4, -0.2) is 17.7 Å². The van der Waals surface area contributed by atoms with Crippen molar-refractivity contribution in [1.29, 1.82) is 0 Å². The molecule has 1 heterocycles. The first-order valence-corrected chi connectivity index (χ1v) is 10.5. The molecule has 0 aliphatic heterocycles. The Morgan fingerprint density at radius 1 is 1.12 bits per heavy atom. The monoisotopic (exact) mass is 457 g/mol. The van der Waals surface area contributed by atoms with Crippen LogP contribution in [0, 0.1) is 0 Å². The molecule has 1 amide bonds. The maximum Gasteiger partial charge on any atom is 0.408 e. The van der Waals surface area contributed by atoms with Gasteiger partial charge in [-0.25, -0.2) is 14.4 Å². The Morgan fingerprint density at radius 3 is 2.44 bits per heavy atom. The Labute approximate surface area is 190 Å². The van der Waals surface area contributed by atoms with Gasteiger partial charge in [-0.3, -0.25) is 0 Å². The van der Waals surface area contributed by atoms with E-state index in [1.54, 1.807) is 57.2 Å². The Morgan fingerprint density at radius 2 is 1.81 bits per heavy atom. The summed E-state index contributed by atoms with van der Waals surface area (Å²) in [6.45, 7) is 7.06. The van der Waals surface area contributed by atoms with Crippen molar-refractivity contribution in [3.05, 3.63) is 75.1 Å². The molecule has 1 N–H and O–H groups in total. The lowest BCUT2D eigenvalue weighted by molar-refractivity contribution is -0.137. The summed E-state index contributed by atoms with van der Waals surface area (Å²) in [5, 5.41) is 3.36. The molecule has 0 aliphatic carbocycles. The molecule has 0 saturated carbocycles. The molecule has 2 aromatic carbocycles. The number of nitrogens with one attached hydrogen (secondary N) is 1. The van der Waals surface area contributed by atoms with E-state index >= 15 is 0 Å². The third-order valence-corrected chi connectivity index (χ3v) is 4.80. The van der Waals surface area contributed by atoms with Gasteiger partial charge >= 0.3 is 17.7 Å². The Kier molecular flexibility index (Phi) is 6.89. The van der Waals surface area contributed by atoms with Crippen LogP contribution in [0.4, 0.5) is 4.79 Å². The molecule has 0 radical (unpaired) electrons. The van der Waals surface area contributed by atoms with Crippen LogP contribution < -0.4 is 15.7 Å². The average molecular weight is 458 g/mol. The molecule has 0 aliphatic rings. The summed E-state index contributed by atoms with van der Waals surface area (Å²) in [5.41, 5.74) is 0.260. The van der Waals surface area contributed by atoms with Crippen molar-refractivity contribution < 1.29 is 23.5 Å². The number of hydrogen-bond acceptors (Lipinski definition) is 6. The number of benzene rings is 2. The number of aryl methyl sites for hydroxylation is 1. The number of fused-ring (bicyclic) bond motifs is 1. The molecule has 3 aromatic rings. The lowest BCUT2D eigenvalue weighted by Crippen LogP contribution is -2.39. The van der Waals surface area contributed by atoms with Crippen molar-refractivity contribution in [2.75, 3.05) is 0 Å². The van der Waals surface area contributed by atoms with Gasteiger partial charge in [-0.05, 0) is 44.4 Å². The molecule has 0 bridgehead atoms. The maximum atomic E-state index is 13.0. The number of esters is 1. The van der Waals surface area contributed by atoms with Crippen LogP contribution in [0.2, 0.25) is 5.02 Å². The summed E-state index contributed by atoms with van der Waals surface area (Å²) in [6.07, 6.45) is -0.167. The maximum absolute atomic E-state index is 13.0. The predicted octanol–water partition coefficient (Wildman–Crippen LogP) is 5.18. The van der Waals surface area contributed by atoms with E-state index in [1.165, 1.54) is 12.1 Å². The lowest BCUT2D eigenvalue weighted by Gasteiger charge is -2.23. The highest BCUT2D eigenvalue weighted by molar-refractivity contribution is 6.33. The van der Waals surface area contributed by atoms with Crippen LogP contribution >= 0.6 is 11.6 Å². The van der Waals surface area contributed by atoms with Gasteiger partial charge in [0.2, 0.25) is 0 Å². The van der Waals surface area contributed by atoms with E-state index in [2.05, 4.69) is 5.32 Å². The van der Waals surface area contributed by atoms with Crippen molar-refractivity contribution in [3.63, 3.8) is 0 Å². The molecule has 0 spiro atoms. The number of ether oxygens (including phenoxy) is 2. The van der Waals surface area contributed by atoms with Gasteiger partial charge in [-0.2, -0.15) is 0 Å². The minimum atomic E-state index is -1.15. The van der Waals surface area contributed by atoms with E-state index < -0.39 is 29.3 Å². The van der Waals surface area contributed by atoms with E-state index in [0.717, 1.165) is 5.56 Å². The first-order valence-electron chi connectivity index (χ1n) is 10.1. The summed E-state index contributed by atoms with van der Waals surface area (Å²) < 4.78 is 16.0. The zero-order chi connectivity index (χ0) is 23.5. The number of halogens is 1. The smallest absolute Gasteiger partial charge is 0.408 e. The van der Waals surface area contributed by atoms with Crippen LogP contribution in [-0.2, 0) is 16.0 Å². The second kappa shape index (κ2) is 9.44. The zero-order valence-corrected chi connectivity index (χ0v) is 19.0. The Balaban J connectivity index is 1.93. The summed E-state index contributed by atoms with van der Waals surface area (Å²) in [5.74, 6) is -0.773. The molecule has 168 valence electrons. The molecular weight excluding hydrogens is 434 g/mol. The van der Waals surface area contributed by atoms with Gasteiger partial charge in [0.15, 0.2) is 11.8 Å². The minimum absolute atomic E-state index is 0.00693. The zero-order valence-electron chi connectivity index (χ0n) is 18.2. The number of hydrogen-bond donors (Lipinski definition) is 1. The highest BCUT2D eigenvalue weighted by Crippen LogP contribution is 2.32. The normalized spacial score (nSPS) is 12.3. The van der Waals surface area contributed by atoms with Crippen LogP contribution in [0.1, 0.15) is 44.9 Å². The molecule has 32 heavy (non-hydrogen) atoms. The van der Waals surface area contributed by atoms with Gasteiger partial charge in [-0.1, -0.05) is 48.9 Å². The second-order valence-electron chi connectivity index (χ2n) is 8.13. The van der Waals surface area contributed by atoms with Gasteiger partial charge in [0.05, 0.1) is 5.02 Å². The number of carbonyl (C=O) groups is 2. The van der Waals surface area contributed by atoms with E-state index in [0.29, 0.717) is 17.4 Å². The van der Waals surface area contributed by atoms with Gasteiger partial charge in [0.1, 0.15) is 11.2 Å². The fourth-order valence-electron chi connectivity index (χ4n) is 3.12. The van der Waals surface area contributed by atoms with Gasteiger partial charge in [0, 0.05) is 17.5 Å². The predicted molar refractivity (Wildman–Crippen MR) is 121 cm³/mol. The van der Waals surface area contributed by atoms with Crippen LogP contribution in [0.5, 0.6) is 5.75 Å². The van der Waals surface area contributed by atoms with Crippen molar-refractivity contribution in [2.24, 2.45) is 0 Å². The SMILES string of the molecule is CCc1cc(=O)oc2cc(OC(=O)[C@@H](NC(=O)OC(C)(C)C)c3ccccc3)c(Cl)cc12. The van der Waals surface area contributed by atoms with Gasteiger partial charge in [0.25, 0.3) is 0 Å². The first kappa shape index (κ1) is 23.3. The van der Waals surface area contributed by atoms with Crippen LogP contribution in [0.25, 0.3) is 11.0 Å². The van der Waals surface area contributed by atoms with Crippen molar-refractivity contribution in [3.8, 4) is 5.75 Å². The molecule has 0 unspecified atom stereocenters. The van der Waals surface area contributed by atoms with Crippen molar-refractivity contribution >= 4 is 34.6 Å². The second-order valence-corrected chi connectivity index (χ2v) is 8.54. The molecule has 7 nitrogen and oxygen atoms in total. The fourth-order valence-corrected chi connectivity index (χ4v) is 3.32. The molecule has 1 aromatic heterocycles. The van der Waals surface area contributed by atoms with E-state index in [4.69, 9.17) is 25.5 Å². The quantitative estimate of drug-likeness (QED) is 0.322. The first-order chi connectivity index (χ1) is 15.1. The summed E-state index contributed by atoms with van der Waals surface area (Å²) >= 11 is 6.35. The number of carbonyl (C=O) groups excluding carboxylic acids is 2. The average Bonchev–Trinajstić information content (AvgIpc) is 2.71. The summed E-state index contributed by atoms with van der Waals surface area (Å²) in [4.78, 5) is 37.2. The molecule has 0 saturated heterocycles. The van der Waals surface area contributed by atoms with Gasteiger partial charge < -0.3 is 19.2 Å². The highest BCUT2D eigenvalue weighted by Gasteiger charge is 2.28. The summed E-state index contributed by atoms with van der Waals surface area (Å²) in [6, 6.07) is 11.8. The standard InChI is InChI=1S/C24H24ClNO6/c1-5-14-11-20(27)30-18-13-19(17(25)12-16(14)18)31-22(28)21(15-9-7-6-8-10-15)26-23(29)32-24(2,3)4/h6-13,21H,5H2,1-4H3,(H,26,29)/t21-/m0/s1. The highest BCUT2D eigenvalue weighted by atomic mass is 35.5. The molecule has 0 fully saturated rings. The fraction of sp³-hybridized carbons (Fsp3) is 0.292. The van der Waals surface area contributed by atoms with Crippen LogP contribution in [0.3, 0.4) is 0 Å². The summed E-state index contributed by atoms with van der Waals surface area (Å²) in [7, 11) is 0. The van der Waals surface area contributed by atoms with Crippen LogP contribution in [0.15, 0.2) is 57.7 Å². The largest absolute Gasteiger partial charge is 0.444 e.